The van der Waals surface area contributed by atoms with Gasteiger partial charge in [-0.15, -0.1) is 0 Å². The molecule has 2 rings (SSSR count). The van der Waals surface area contributed by atoms with Gasteiger partial charge in [-0.2, -0.15) is 0 Å². The summed E-state index contributed by atoms with van der Waals surface area (Å²) in [7, 11) is 1.99. The molecule has 4 nitrogen and oxygen atoms in total. The van der Waals surface area contributed by atoms with Crippen molar-refractivity contribution in [3.05, 3.63) is 41.9 Å². The summed E-state index contributed by atoms with van der Waals surface area (Å²) in [5, 5.41) is 3.29. The first-order valence-corrected chi connectivity index (χ1v) is 4.97. The Labute approximate surface area is 88.9 Å². The van der Waals surface area contributed by atoms with E-state index >= 15 is 0 Å². The molecule has 1 N–H and O–H groups in total. The number of hydrogen-bond acceptors (Lipinski definition) is 3. The molecule has 4 heteroatoms. The average Bonchev–Trinajstić information content (AvgIpc) is 2.78. The van der Waals surface area contributed by atoms with Crippen LogP contribution in [0.3, 0.4) is 0 Å². The molecule has 2 aromatic heterocycles. The number of aryl methyl sites for hydroxylation is 2. The zero-order chi connectivity index (χ0) is 10.7. The van der Waals surface area contributed by atoms with Crippen molar-refractivity contribution in [2.75, 3.05) is 0 Å². The first-order chi connectivity index (χ1) is 7.27. The first kappa shape index (κ1) is 9.98. The fourth-order valence-electron chi connectivity index (χ4n) is 1.44. The lowest BCUT2D eigenvalue weighted by atomic mass is 10.3. The van der Waals surface area contributed by atoms with E-state index in [0.717, 1.165) is 24.7 Å². The Morgan fingerprint density at radius 3 is 2.93 bits per heavy atom. The van der Waals surface area contributed by atoms with E-state index in [0.29, 0.717) is 0 Å². The number of aromatic nitrogens is 2. The number of nitrogens with zero attached hydrogens (tertiary/aromatic N) is 2. The van der Waals surface area contributed by atoms with E-state index in [-0.39, 0.29) is 0 Å². The molecule has 0 radical (unpaired) electrons. The summed E-state index contributed by atoms with van der Waals surface area (Å²) in [6, 6.07) is 1.97. The van der Waals surface area contributed by atoms with Gasteiger partial charge in [0.25, 0.3) is 0 Å². The van der Waals surface area contributed by atoms with Crippen molar-refractivity contribution >= 4 is 0 Å². The standard InChI is InChI=1S/C11H15N3O/c1-9-3-6-15-10(9)7-12-8-11-13-4-5-14(11)2/h3-6,12H,7-8H2,1-2H3. The maximum atomic E-state index is 5.32. The Hall–Kier alpha value is -1.55. The molecule has 2 aromatic rings. The van der Waals surface area contributed by atoms with Gasteiger partial charge >= 0.3 is 0 Å². The van der Waals surface area contributed by atoms with Crippen LogP contribution in [0.25, 0.3) is 0 Å². The minimum atomic E-state index is 0.742. The van der Waals surface area contributed by atoms with E-state index in [9.17, 15) is 0 Å². The molecule has 0 fully saturated rings. The van der Waals surface area contributed by atoms with Crippen LogP contribution in [-0.2, 0) is 20.1 Å². The van der Waals surface area contributed by atoms with Gasteiger partial charge in [-0.1, -0.05) is 0 Å². The lowest BCUT2D eigenvalue weighted by molar-refractivity contribution is 0.476. The van der Waals surface area contributed by atoms with Crippen LogP contribution in [-0.4, -0.2) is 9.55 Å². The van der Waals surface area contributed by atoms with Crippen molar-refractivity contribution in [1.82, 2.24) is 14.9 Å². The van der Waals surface area contributed by atoms with Crippen LogP contribution in [0.5, 0.6) is 0 Å². The zero-order valence-electron chi connectivity index (χ0n) is 9.03. The predicted octanol–water partition coefficient (Wildman–Crippen LogP) is 1.61. The van der Waals surface area contributed by atoms with Crippen molar-refractivity contribution in [3.63, 3.8) is 0 Å². The summed E-state index contributed by atoms with van der Waals surface area (Å²) >= 11 is 0. The lowest BCUT2D eigenvalue weighted by Crippen LogP contribution is -2.15. The number of rotatable bonds is 4. The van der Waals surface area contributed by atoms with Crippen LogP contribution in [0.4, 0.5) is 0 Å². The van der Waals surface area contributed by atoms with Crippen molar-refractivity contribution in [2.24, 2.45) is 7.05 Å². The summed E-state index contributed by atoms with van der Waals surface area (Å²) in [6.45, 7) is 3.54. The van der Waals surface area contributed by atoms with Crippen molar-refractivity contribution < 1.29 is 4.42 Å². The highest BCUT2D eigenvalue weighted by molar-refractivity contribution is 5.14. The quantitative estimate of drug-likeness (QED) is 0.824. The van der Waals surface area contributed by atoms with Gasteiger partial charge < -0.3 is 14.3 Å². The van der Waals surface area contributed by atoms with Crippen LogP contribution in [0, 0.1) is 6.92 Å². The maximum Gasteiger partial charge on any atom is 0.122 e. The fourth-order valence-corrected chi connectivity index (χ4v) is 1.44. The molecule has 0 aliphatic rings. The average molecular weight is 205 g/mol. The minimum absolute atomic E-state index is 0.742. The second-order valence-electron chi connectivity index (χ2n) is 3.58. The normalized spacial score (nSPS) is 10.8. The number of nitrogens with one attached hydrogen (secondary N) is 1. The highest BCUT2D eigenvalue weighted by Crippen LogP contribution is 2.08. The van der Waals surface area contributed by atoms with Crippen LogP contribution in [0.1, 0.15) is 17.1 Å². The van der Waals surface area contributed by atoms with E-state index in [1.54, 1.807) is 12.5 Å². The molecular weight excluding hydrogens is 190 g/mol. The topological polar surface area (TPSA) is 43.0 Å². The first-order valence-electron chi connectivity index (χ1n) is 4.97. The highest BCUT2D eigenvalue weighted by Gasteiger charge is 2.02. The number of furan rings is 1. The van der Waals surface area contributed by atoms with E-state index < -0.39 is 0 Å². The Morgan fingerprint density at radius 2 is 2.33 bits per heavy atom. The molecule has 0 bridgehead atoms. The van der Waals surface area contributed by atoms with Gasteiger partial charge in [-0.25, -0.2) is 4.98 Å². The fraction of sp³-hybridized carbons (Fsp3) is 0.364. The third kappa shape index (κ3) is 2.27. The Morgan fingerprint density at radius 1 is 1.47 bits per heavy atom. The maximum absolute atomic E-state index is 5.32. The molecular formula is C11H15N3O. The van der Waals surface area contributed by atoms with Gasteiger partial charge in [0.1, 0.15) is 11.6 Å². The third-order valence-corrected chi connectivity index (χ3v) is 2.46. The van der Waals surface area contributed by atoms with Gasteiger partial charge in [0.05, 0.1) is 19.4 Å². The molecule has 15 heavy (non-hydrogen) atoms. The smallest absolute Gasteiger partial charge is 0.122 e. The zero-order valence-corrected chi connectivity index (χ0v) is 9.03. The molecule has 0 saturated carbocycles. The summed E-state index contributed by atoms with van der Waals surface area (Å²) < 4.78 is 7.33. The molecule has 0 aliphatic carbocycles. The molecule has 0 saturated heterocycles. The summed E-state index contributed by atoms with van der Waals surface area (Å²) in [5.41, 5.74) is 1.18. The monoisotopic (exact) mass is 205 g/mol. The SMILES string of the molecule is Cc1ccoc1CNCc1nccn1C. The van der Waals surface area contributed by atoms with E-state index in [1.807, 2.05) is 30.8 Å². The van der Waals surface area contributed by atoms with Gasteiger partial charge in [-0.05, 0) is 18.6 Å². The van der Waals surface area contributed by atoms with Gasteiger partial charge in [-0.3, -0.25) is 0 Å². The molecule has 0 unspecified atom stereocenters. The van der Waals surface area contributed by atoms with Crippen molar-refractivity contribution in [3.8, 4) is 0 Å². The van der Waals surface area contributed by atoms with Crippen molar-refractivity contribution in [1.29, 1.82) is 0 Å². The van der Waals surface area contributed by atoms with Gasteiger partial charge in [0.15, 0.2) is 0 Å². The second kappa shape index (κ2) is 4.31. The molecule has 0 atom stereocenters. The molecule has 0 aliphatic heterocycles. The highest BCUT2D eigenvalue weighted by atomic mass is 16.3. The number of imidazole rings is 1. The van der Waals surface area contributed by atoms with E-state index in [4.69, 9.17) is 4.42 Å². The molecule has 0 amide bonds. The molecule has 0 spiro atoms. The Bertz CT molecular complexity index is 390. The predicted molar refractivity (Wildman–Crippen MR) is 57.2 cm³/mol. The van der Waals surface area contributed by atoms with Crippen LogP contribution < -0.4 is 5.32 Å². The van der Waals surface area contributed by atoms with Gasteiger partial charge in [0, 0.05) is 19.4 Å². The van der Waals surface area contributed by atoms with Crippen molar-refractivity contribution in [2.45, 2.75) is 20.0 Å². The van der Waals surface area contributed by atoms with Crippen LogP contribution in [0.2, 0.25) is 0 Å². The van der Waals surface area contributed by atoms with Crippen LogP contribution in [0.15, 0.2) is 29.1 Å². The molecule has 80 valence electrons. The van der Waals surface area contributed by atoms with Gasteiger partial charge in [0.2, 0.25) is 0 Å². The largest absolute Gasteiger partial charge is 0.468 e. The Balaban J connectivity index is 1.86. The molecule has 0 aromatic carbocycles. The van der Waals surface area contributed by atoms with Crippen LogP contribution >= 0.6 is 0 Å². The third-order valence-electron chi connectivity index (χ3n) is 2.46. The summed E-state index contributed by atoms with van der Waals surface area (Å²) in [5.74, 6) is 2.02. The van der Waals surface area contributed by atoms with E-state index in [2.05, 4.69) is 10.3 Å². The summed E-state index contributed by atoms with van der Waals surface area (Å²) in [6.07, 6.45) is 5.46. The lowest BCUT2D eigenvalue weighted by Gasteiger charge is -2.03. The van der Waals surface area contributed by atoms with E-state index in [1.165, 1.54) is 5.56 Å². The Kier molecular flexibility index (Phi) is 2.87. The summed E-state index contributed by atoms with van der Waals surface area (Å²) in [4.78, 5) is 4.23. The molecule has 2 heterocycles. The minimum Gasteiger partial charge on any atom is -0.468 e. The second-order valence-corrected chi connectivity index (χ2v) is 3.58. The number of hydrogen-bond donors (Lipinski definition) is 1.